The quantitative estimate of drug-likeness (QED) is 0.801. The van der Waals surface area contributed by atoms with Gasteiger partial charge in [-0.2, -0.15) is 0 Å². The summed E-state index contributed by atoms with van der Waals surface area (Å²) in [5.74, 6) is -0.0213. The molecule has 1 aromatic carbocycles. The topological polar surface area (TPSA) is 41.1 Å². The Morgan fingerprint density at radius 1 is 1.30 bits per heavy atom. The van der Waals surface area contributed by atoms with Crippen molar-refractivity contribution >= 4 is 50.7 Å². The van der Waals surface area contributed by atoms with Crippen LogP contribution in [0.2, 0.25) is 10.0 Å². The molecule has 0 aromatic heterocycles. The summed E-state index contributed by atoms with van der Waals surface area (Å²) < 4.78 is 0.807. The predicted molar refractivity (Wildman–Crippen MR) is 87.6 cm³/mol. The Balaban J connectivity index is 2.00. The predicted octanol–water partition coefficient (Wildman–Crippen LogP) is 4.62. The molecule has 0 spiro atoms. The van der Waals surface area contributed by atoms with E-state index in [-0.39, 0.29) is 11.9 Å². The van der Waals surface area contributed by atoms with Gasteiger partial charge in [0.1, 0.15) is 6.04 Å². The maximum Gasteiger partial charge on any atom is 0.242 e. The van der Waals surface area contributed by atoms with Crippen molar-refractivity contribution in [2.45, 2.75) is 44.7 Å². The van der Waals surface area contributed by atoms with Crippen LogP contribution >= 0.6 is 39.1 Å². The maximum atomic E-state index is 12.1. The molecule has 2 N–H and O–H groups in total. The summed E-state index contributed by atoms with van der Waals surface area (Å²) in [5, 5.41) is 7.12. The van der Waals surface area contributed by atoms with Gasteiger partial charge in [0.05, 0.1) is 15.7 Å². The minimum Gasteiger partial charge on any atom is -0.371 e. The Morgan fingerprint density at radius 2 is 1.85 bits per heavy atom. The van der Waals surface area contributed by atoms with Gasteiger partial charge in [-0.1, -0.05) is 52.0 Å². The van der Waals surface area contributed by atoms with E-state index in [0.717, 1.165) is 17.3 Å². The van der Waals surface area contributed by atoms with Gasteiger partial charge in [-0.05, 0) is 31.9 Å². The first-order valence-corrected chi connectivity index (χ1v) is 8.23. The largest absolute Gasteiger partial charge is 0.371 e. The van der Waals surface area contributed by atoms with Crippen LogP contribution in [0, 0.1) is 0 Å². The summed E-state index contributed by atoms with van der Waals surface area (Å²) >= 11 is 15.6. The molecule has 1 saturated carbocycles. The highest BCUT2D eigenvalue weighted by molar-refractivity contribution is 9.10. The summed E-state index contributed by atoms with van der Waals surface area (Å²) in [5.41, 5.74) is 0.589. The van der Waals surface area contributed by atoms with Crippen LogP contribution in [-0.4, -0.2) is 18.0 Å². The molecule has 20 heavy (non-hydrogen) atoms. The average molecular weight is 380 g/mol. The van der Waals surface area contributed by atoms with Gasteiger partial charge in [0.25, 0.3) is 0 Å². The van der Waals surface area contributed by atoms with Crippen molar-refractivity contribution in [2.75, 3.05) is 5.32 Å². The second kappa shape index (κ2) is 7.01. The summed E-state index contributed by atoms with van der Waals surface area (Å²) in [6.07, 6.45) is 4.52. The molecule has 1 aromatic rings. The highest BCUT2D eigenvalue weighted by atomic mass is 79.9. The minimum absolute atomic E-state index is 0.0213. The molecule has 0 radical (unpaired) electrons. The van der Waals surface area contributed by atoms with Crippen LogP contribution in [0.3, 0.4) is 0 Å². The number of carbonyl (C=O) groups is 1. The number of carbonyl (C=O) groups excluding carboxylic acids is 1. The van der Waals surface area contributed by atoms with E-state index in [1.54, 1.807) is 19.1 Å². The minimum atomic E-state index is -0.383. The van der Waals surface area contributed by atoms with Crippen LogP contribution in [0.25, 0.3) is 0 Å². The smallest absolute Gasteiger partial charge is 0.242 e. The lowest BCUT2D eigenvalue weighted by Crippen LogP contribution is -2.42. The maximum absolute atomic E-state index is 12.1. The van der Waals surface area contributed by atoms with E-state index < -0.39 is 0 Å². The van der Waals surface area contributed by atoms with Crippen molar-refractivity contribution in [3.05, 3.63) is 26.7 Å². The molecule has 0 aliphatic heterocycles. The first-order chi connectivity index (χ1) is 9.47. The first kappa shape index (κ1) is 15.9. The molecular formula is C14H17BrCl2N2O. The van der Waals surface area contributed by atoms with Gasteiger partial charge in [-0.25, -0.2) is 0 Å². The highest BCUT2D eigenvalue weighted by Crippen LogP contribution is 2.34. The van der Waals surface area contributed by atoms with Crippen LogP contribution < -0.4 is 10.6 Å². The highest BCUT2D eigenvalue weighted by Gasteiger charge is 2.21. The number of nitrogens with one attached hydrogen (secondary N) is 2. The second-order valence-electron chi connectivity index (χ2n) is 5.10. The Hall–Kier alpha value is -0.450. The van der Waals surface area contributed by atoms with Crippen molar-refractivity contribution in [1.82, 2.24) is 5.32 Å². The van der Waals surface area contributed by atoms with Gasteiger partial charge in [0.2, 0.25) is 5.91 Å². The zero-order valence-electron chi connectivity index (χ0n) is 11.2. The molecule has 1 aliphatic rings. The van der Waals surface area contributed by atoms with Gasteiger partial charge in [-0.3, -0.25) is 4.79 Å². The number of anilines is 1. The summed E-state index contributed by atoms with van der Waals surface area (Å²) in [6, 6.07) is 3.42. The van der Waals surface area contributed by atoms with Crippen LogP contribution in [0.15, 0.2) is 16.6 Å². The molecule has 0 bridgehead atoms. The van der Waals surface area contributed by atoms with Gasteiger partial charge in [0, 0.05) is 10.5 Å². The monoisotopic (exact) mass is 378 g/mol. The molecule has 110 valence electrons. The number of amides is 1. The van der Waals surface area contributed by atoms with E-state index in [4.69, 9.17) is 23.2 Å². The van der Waals surface area contributed by atoms with E-state index in [1.165, 1.54) is 12.8 Å². The molecular weight excluding hydrogens is 363 g/mol. The third-order valence-electron chi connectivity index (χ3n) is 3.46. The van der Waals surface area contributed by atoms with Gasteiger partial charge in [0.15, 0.2) is 0 Å². The number of hydrogen-bond acceptors (Lipinski definition) is 2. The fourth-order valence-corrected chi connectivity index (χ4v) is 3.68. The molecule has 1 aliphatic carbocycles. The number of benzene rings is 1. The normalized spacial score (nSPS) is 17.0. The van der Waals surface area contributed by atoms with Gasteiger partial charge < -0.3 is 10.6 Å². The number of rotatable bonds is 4. The van der Waals surface area contributed by atoms with Crippen molar-refractivity contribution in [3.63, 3.8) is 0 Å². The van der Waals surface area contributed by atoms with E-state index in [0.29, 0.717) is 21.8 Å². The van der Waals surface area contributed by atoms with Crippen LogP contribution in [-0.2, 0) is 4.79 Å². The fourth-order valence-electron chi connectivity index (χ4n) is 2.36. The Labute approximate surface area is 137 Å². The van der Waals surface area contributed by atoms with Crippen molar-refractivity contribution < 1.29 is 4.79 Å². The molecule has 1 amide bonds. The Morgan fingerprint density at radius 3 is 2.40 bits per heavy atom. The lowest BCUT2D eigenvalue weighted by Gasteiger charge is -2.20. The first-order valence-electron chi connectivity index (χ1n) is 6.69. The Kier molecular flexibility index (Phi) is 5.58. The van der Waals surface area contributed by atoms with E-state index in [9.17, 15) is 4.79 Å². The molecule has 2 rings (SSSR count). The summed E-state index contributed by atoms with van der Waals surface area (Å²) in [4.78, 5) is 12.1. The van der Waals surface area contributed by atoms with Crippen LogP contribution in [0.5, 0.6) is 0 Å². The van der Waals surface area contributed by atoms with Crippen LogP contribution in [0.1, 0.15) is 32.6 Å². The lowest BCUT2D eigenvalue weighted by molar-refractivity contribution is -0.122. The molecule has 0 heterocycles. The second-order valence-corrected chi connectivity index (χ2v) is 6.83. The lowest BCUT2D eigenvalue weighted by atomic mass is 10.2. The standard InChI is InChI=1S/C14H17BrCl2N2O/c1-8(14(20)19-10-4-2-3-5-10)18-13-11(16)6-9(15)7-12(13)17/h6-8,10,18H,2-5H2,1H3,(H,19,20). The number of hydrogen-bond donors (Lipinski definition) is 2. The summed E-state index contributed by atoms with van der Waals surface area (Å²) in [6.45, 7) is 1.80. The third kappa shape index (κ3) is 4.03. The van der Waals surface area contributed by atoms with Crippen molar-refractivity contribution in [1.29, 1.82) is 0 Å². The molecule has 3 nitrogen and oxygen atoms in total. The average Bonchev–Trinajstić information content (AvgIpc) is 2.86. The van der Waals surface area contributed by atoms with Crippen molar-refractivity contribution in [2.24, 2.45) is 0 Å². The molecule has 1 fully saturated rings. The van der Waals surface area contributed by atoms with Crippen molar-refractivity contribution in [3.8, 4) is 0 Å². The zero-order valence-corrected chi connectivity index (χ0v) is 14.3. The fraction of sp³-hybridized carbons (Fsp3) is 0.500. The Bertz CT molecular complexity index is 481. The zero-order chi connectivity index (χ0) is 14.7. The summed E-state index contributed by atoms with van der Waals surface area (Å²) in [7, 11) is 0. The van der Waals surface area contributed by atoms with E-state index in [1.807, 2.05) is 0 Å². The van der Waals surface area contributed by atoms with Gasteiger partial charge in [-0.15, -0.1) is 0 Å². The SMILES string of the molecule is CC(Nc1c(Cl)cc(Br)cc1Cl)C(=O)NC1CCCC1. The molecule has 6 heteroatoms. The van der Waals surface area contributed by atoms with Gasteiger partial charge >= 0.3 is 0 Å². The molecule has 1 atom stereocenters. The molecule has 1 unspecified atom stereocenters. The number of halogens is 3. The van der Waals surface area contributed by atoms with E-state index in [2.05, 4.69) is 26.6 Å². The van der Waals surface area contributed by atoms with Crippen LogP contribution in [0.4, 0.5) is 5.69 Å². The van der Waals surface area contributed by atoms with E-state index >= 15 is 0 Å². The molecule has 0 saturated heterocycles. The third-order valence-corrected chi connectivity index (χ3v) is 4.52.